The predicted octanol–water partition coefficient (Wildman–Crippen LogP) is 4.07. The highest BCUT2D eigenvalue weighted by atomic mass is 16.4. The molecule has 0 aliphatic carbocycles. The fraction of sp³-hybridized carbons (Fsp3) is 0.222. The Balaban J connectivity index is 1.50. The number of benzene rings is 1. The molecule has 7 nitrogen and oxygen atoms in total. The predicted molar refractivity (Wildman–Crippen MR) is 94.3 cm³/mol. The third kappa shape index (κ3) is 4.63. The van der Waals surface area contributed by atoms with Crippen molar-refractivity contribution < 1.29 is 13.6 Å². The van der Waals surface area contributed by atoms with Crippen LogP contribution in [0.5, 0.6) is 0 Å². The number of rotatable bonds is 6. The van der Waals surface area contributed by atoms with Gasteiger partial charge >= 0.3 is 6.03 Å². The average Bonchev–Trinajstić information content (AvgIpc) is 3.26. The molecule has 3 aromatic rings. The minimum absolute atomic E-state index is 0.0518. The summed E-state index contributed by atoms with van der Waals surface area (Å²) >= 11 is 0. The molecule has 2 heterocycles. The molecule has 0 saturated heterocycles. The van der Waals surface area contributed by atoms with Crippen molar-refractivity contribution in [2.24, 2.45) is 0 Å². The van der Waals surface area contributed by atoms with Crippen molar-refractivity contribution in [3.8, 4) is 0 Å². The van der Waals surface area contributed by atoms with E-state index >= 15 is 0 Å². The number of urea groups is 1. The maximum absolute atomic E-state index is 11.9. The van der Waals surface area contributed by atoms with E-state index in [0.29, 0.717) is 23.9 Å². The summed E-state index contributed by atoms with van der Waals surface area (Å²) in [6.07, 6.45) is 3.27. The van der Waals surface area contributed by atoms with Gasteiger partial charge in [-0.25, -0.2) is 9.78 Å². The van der Waals surface area contributed by atoms with Crippen molar-refractivity contribution in [2.45, 2.75) is 26.4 Å². The molecule has 25 heavy (non-hydrogen) atoms. The van der Waals surface area contributed by atoms with Crippen LogP contribution in [0.4, 0.5) is 16.2 Å². The van der Waals surface area contributed by atoms with Crippen LogP contribution in [0.15, 0.2) is 57.7 Å². The molecule has 0 aliphatic heterocycles. The Kier molecular flexibility index (Phi) is 5.03. The van der Waals surface area contributed by atoms with E-state index in [-0.39, 0.29) is 12.1 Å². The Morgan fingerprint density at radius 2 is 1.96 bits per heavy atom. The lowest BCUT2D eigenvalue weighted by Gasteiger charge is -2.13. The molecule has 2 amide bonds. The van der Waals surface area contributed by atoms with Gasteiger partial charge in [-0.15, -0.1) is 0 Å². The number of aromatic nitrogens is 1. The Morgan fingerprint density at radius 3 is 2.60 bits per heavy atom. The summed E-state index contributed by atoms with van der Waals surface area (Å²) < 4.78 is 10.7. The fourth-order valence-electron chi connectivity index (χ4n) is 2.29. The summed E-state index contributed by atoms with van der Waals surface area (Å²) in [5.41, 5.74) is 1.60. The van der Waals surface area contributed by atoms with Crippen LogP contribution in [0, 0.1) is 6.92 Å². The van der Waals surface area contributed by atoms with E-state index < -0.39 is 0 Å². The van der Waals surface area contributed by atoms with E-state index in [4.69, 9.17) is 8.83 Å². The lowest BCUT2D eigenvalue weighted by Crippen LogP contribution is -2.27. The number of aryl methyl sites for hydroxylation is 1. The molecule has 1 atom stereocenters. The molecule has 2 aromatic heterocycles. The smallest absolute Gasteiger partial charge is 0.319 e. The van der Waals surface area contributed by atoms with Gasteiger partial charge in [-0.1, -0.05) is 0 Å². The van der Waals surface area contributed by atoms with Crippen molar-refractivity contribution in [2.75, 3.05) is 10.6 Å². The number of anilines is 2. The normalized spacial score (nSPS) is 11.8. The van der Waals surface area contributed by atoms with Crippen molar-refractivity contribution in [1.29, 1.82) is 0 Å². The van der Waals surface area contributed by atoms with Crippen molar-refractivity contribution in [1.82, 2.24) is 10.3 Å². The second kappa shape index (κ2) is 7.57. The summed E-state index contributed by atoms with van der Waals surface area (Å²) in [6.45, 7) is 4.17. The number of amides is 2. The summed E-state index contributed by atoms with van der Waals surface area (Å²) in [5, 5.41) is 8.79. The Morgan fingerprint density at radius 1 is 1.20 bits per heavy atom. The Bertz CT molecular complexity index is 809. The molecule has 130 valence electrons. The maximum atomic E-state index is 11.9. The highest BCUT2D eigenvalue weighted by Gasteiger charge is 2.11. The molecule has 3 rings (SSSR count). The van der Waals surface area contributed by atoms with Gasteiger partial charge in [0.05, 0.1) is 19.0 Å². The molecule has 0 saturated carbocycles. The van der Waals surface area contributed by atoms with Crippen LogP contribution >= 0.6 is 0 Å². The maximum Gasteiger partial charge on any atom is 0.319 e. The largest absolute Gasteiger partial charge is 0.467 e. The van der Waals surface area contributed by atoms with Gasteiger partial charge in [0.25, 0.3) is 0 Å². The molecule has 3 N–H and O–H groups in total. The van der Waals surface area contributed by atoms with Crippen LogP contribution < -0.4 is 16.0 Å². The molecule has 1 aromatic carbocycles. The fourth-order valence-corrected chi connectivity index (χ4v) is 2.29. The molecule has 0 aliphatic rings. The number of furan rings is 1. The first kappa shape index (κ1) is 16.6. The molecule has 7 heteroatoms. The van der Waals surface area contributed by atoms with Gasteiger partial charge in [-0.2, -0.15) is 0 Å². The molecule has 0 bridgehead atoms. The van der Waals surface area contributed by atoms with E-state index in [1.165, 1.54) is 0 Å². The van der Waals surface area contributed by atoms with Crippen LogP contribution in [-0.4, -0.2) is 11.0 Å². The van der Waals surface area contributed by atoms with Crippen molar-refractivity contribution >= 4 is 17.4 Å². The molecular formula is C18H20N4O3. The van der Waals surface area contributed by atoms with Gasteiger partial charge in [-0.05, 0) is 50.2 Å². The Hall–Kier alpha value is -3.22. The van der Waals surface area contributed by atoms with Crippen molar-refractivity contribution in [3.63, 3.8) is 0 Å². The molecule has 0 radical (unpaired) electrons. The van der Waals surface area contributed by atoms with E-state index in [1.807, 2.05) is 38.1 Å². The number of hydrogen-bond donors (Lipinski definition) is 3. The quantitative estimate of drug-likeness (QED) is 0.629. The lowest BCUT2D eigenvalue weighted by atomic mass is 10.2. The molecular weight excluding hydrogens is 320 g/mol. The summed E-state index contributed by atoms with van der Waals surface area (Å²) in [4.78, 5) is 16.1. The molecule has 0 spiro atoms. The Labute approximate surface area is 145 Å². The van der Waals surface area contributed by atoms with E-state index in [0.717, 1.165) is 11.4 Å². The number of nitrogens with one attached hydrogen (secondary N) is 3. The third-order valence-corrected chi connectivity index (χ3v) is 3.54. The van der Waals surface area contributed by atoms with Crippen LogP contribution in [0.2, 0.25) is 0 Å². The minimum atomic E-state index is -0.291. The van der Waals surface area contributed by atoms with E-state index in [2.05, 4.69) is 20.9 Å². The van der Waals surface area contributed by atoms with E-state index in [9.17, 15) is 4.79 Å². The van der Waals surface area contributed by atoms with Gasteiger partial charge in [-0.3, -0.25) is 0 Å². The zero-order valence-corrected chi connectivity index (χ0v) is 14.1. The SMILES string of the molecule is Cc1cnc([C@@H](C)Nc2ccc(NC(=O)NCc3ccco3)cc2)o1. The minimum Gasteiger partial charge on any atom is -0.467 e. The van der Waals surface area contributed by atoms with E-state index in [1.54, 1.807) is 24.6 Å². The number of nitrogens with zero attached hydrogens (tertiary/aromatic N) is 1. The first-order valence-corrected chi connectivity index (χ1v) is 7.96. The number of hydrogen-bond acceptors (Lipinski definition) is 5. The monoisotopic (exact) mass is 340 g/mol. The van der Waals surface area contributed by atoms with Gasteiger partial charge in [0.2, 0.25) is 5.89 Å². The zero-order chi connectivity index (χ0) is 17.6. The zero-order valence-electron chi connectivity index (χ0n) is 14.1. The first-order chi connectivity index (χ1) is 12.1. The molecule has 0 unspecified atom stereocenters. The second-order valence-electron chi connectivity index (χ2n) is 5.64. The average molecular weight is 340 g/mol. The topological polar surface area (TPSA) is 92.3 Å². The highest BCUT2D eigenvalue weighted by molar-refractivity contribution is 5.89. The first-order valence-electron chi connectivity index (χ1n) is 7.96. The van der Waals surface area contributed by atoms with Crippen LogP contribution in [0.1, 0.15) is 30.4 Å². The van der Waals surface area contributed by atoms with Gasteiger partial charge in [0.1, 0.15) is 17.6 Å². The molecule has 0 fully saturated rings. The van der Waals surface area contributed by atoms with Gasteiger partial charge < -0.3 is 24.8 Å². The van der Waals surface area contributed by atoms with Crippen molar-refractivity contribution in [3.05, 3.63) is 66.3 Å². The third-order valence-electron chi connectivity index (χ3n) is 3.54. The van der Waals surface area contributed by atoms with Gasteiger partial charge in [0.15, 0.2) is 0 Å². The number of carbonyl (C=O) groups excluding carboxylic acids is 1. The number of oxazole rings is 1. The summed E-state index contributed by atoms with van der Waals surface area (Å²) in [7, 11) is 0. The summed E-state index contributed by atoms with van der Waals surface area (Å²) in [5.74, 6) is 2.12. The standard InChI is InChI=1S/C18H20N4O3/c1-12-10-19-17(25-12)13(2)21-14-5-7-15(8-6-14)22-18(23)20-11-16-4-3-9-24-16/h3-10,13,21H,11H2,1-2H3,(H2,20,22,23)/t13-/m1/s1. The van der Waals surface area contributed by atoms with Crippen LogP contribution in [0.3, 0.4) is 0 Å². The van der Waals surface area contributed by atoms with Crippen LogP contribution in [0.25, 0.3) is 0 Å². The van der Waals surface area contributed by atoms with Crippen LogP contribution in [-0.2, 0) is 6.54 Å². The summed E-state index contributed by atoms with van der Waals surface area (Å²) in [6, 6.07) is 10.6. The highest BCUT2D eigenvalue weighted by Crippen LogP contribution is 2.20. The van der Waals surface area contributed by atoms with Gasteiger partial charge in [0, 0.05) is 11.4 Å². The number of carbonyl (C=O) groups is 1. The second-order valence-corrected chi connectivity index (χ2v) is 5.64. The lowest BCUT2D eigenvalue weighted by molar-refractivity contribution is 0.251.